The van der Waals surface area contributed by atoms with Crippen molar-refractivity contribution in [3.63, 3.8) is 0 Å². The van der Waals surface area contributed by atoms with Crippen LogP contribution in [0.2, 0.25) is 0 Å². The topological polar surface area (TPSA) is 65.1 Å². The Labute approximate surface area is 119 Å². The molecule has 3 N–H and O–H groups in total. The molecule has 2 rings (SSSR count). The fraction of sp³-hybridized carbons (Fsp3) is 0.333. The summed E-state index contributed by atoms with van der Waals surface area (Å²) in [5, 5.41) is 13.4. The minimum atomic E-state index is 0.598. The highest BCUT2D eigenvalue weighted by molar-refractivity contribution is 5.79. The molecule has 0 unspecified atom stereocenters. The van der Waals surface area contributed by atoms with Gasteiger partial charge in [-0.2, -0.15) is 5.10 Å². The van der Waals surface area contributed by atoms with E-state index in [0.29, 0.717) is 6.54 Å². The van der Waals surface area contributed by atoms with E-state index in [2.05, 4.69) is 57.0 Å². The molecule has 5 heteroatoms. The number of aromatic nitrogens is 2. The van der Waals surface area contributed by atoms with Crippen LogP contribution in [0.1, 0.15) is 18.2 Å². The SMILES string of the molecule is CCNC(=NCc1ccn[nH]1)NCCc1ccccc1. The molecule has 0 amide bonds. The molecule has 106 valence electrons. The first-order valence-electron chi connectivity index (χ1n) is 6.93. The van der Waals surface area contributed by atoms with Crippen LogP contribution in [0.3, 0.4) is 0 Å². The van der Waals surface area contributed by atoms with Gasteiger partial charge in [0.15, 0.2) is 5.96 Å². The van der Waals surface area contributed by atoms with Crippen molar-refractivity contribution in [1.82, 2.24) is 20.8 Å². The average molecular weight is 271 g/mol. The zero-order valence-corrected chi connectivity index (χ0v) is 11.8. The molecular weight excluding hydrogens is 250 g/mol. The van der Waals surface area contributed by atoms with Gasteiger partial charge in [0, 0.05) is 19.3 Å². The maximum atomic E-state index is 4.51. The molecule has 1 aromatic heterocycles. The maximum Gasteiger partial charge on any atom is 0.191 e. The molecule has 1 aromatic carbocycles. The number of rotatable bonds is 6. The first-order chi connectivity index (χ1) is 9.88. The average Bonchev–Trinajstić information content (AvgIpc) is 2.99. The lowest BCUT2D eigenvalue weighted by atomic mass is 10.1. The van der Waals surface area contributed by atoms with Gasteiger partial charge < -0.3 is 10.6 Å². The van der Waals surface area contributed by atoms with E-state index in [1.165, 1.54) is 5.56 Å². The van der Waals surface area contributed by atoms with Crippen LogP contribution in [0.15, 0.2) is 47.6 Å². The number of hydrogen-bond acceptors (Lipinski definition) is 2. The highest BCUT2D eigenvalue weighted by Crippen LogP contribution is 1.98. The summed E-state index contributed by atoms with van der Waals surface area (Å²) < 4.78 is 0. The van der Waals surface area contributed by atoms with Crippen LogP contribution in [0, 0.1) is 0 Å². The molecular formula is C15H21N5. The van der Waals surface area contributed by atoms with Gasteiger partial charge in [0.1, 0.15) is 0 Å². The summed E-state index contributed by atoms with van der Waals surface area (Å²) >= 11 is 0. The Morgan fingerprint density at radius 2 is 2.05 bits per heavy atom. The predicted octanol–water partition coefficient (Wildman–Crippen LogP) is 1.71. The van der Waals surface area contributed by atoms with E-state index in [9.17, 15) is 0 Å². The lowest BCUT2D eigenvalue weighted by molar-refractivity contribution is 0.795. The lowest BCUT2D eigenvalue weighted by Crippen LogP contribution is -2.38. The van der Waals surface area contributed by atoms with Crippen molar-refractivity contribution in [2.24, 2.45) is 4.99 Å². The minimum absolute atomic E-state index is 0.598. The second-order valence-electron chi connectivity index (χ2n) is 4.44. The summed E-state index contributed by atoms with van der Waals surface area (Å²) in [6, 6.07) is 12.4. The fourth-order valence-electron chi connectivity index (χ4n) is 1.85. The Kier molecular flexibility index (Phi) is 5.64. The molecule has 0 spiro atoms. The molecule has 0 aliphatic heterocycles. The van der Waals surface area contributed by atoms with Gasteiger partial charge in [0.2, 0.25) is 0 Å². The van der Waals surface area contributed by atoms with Crippen LogP contribution < -0.4 is 10.6 Å². The van der Waals surface area contributed by atoms with Crippen LogP contribution in [-0.4, -0.2) is 29.2 Å². The molecule has 20 heavy (non-hydrogen) atoms. The minimum Gasteiger partial charge on any atom is -0.357 e. The second kappa shape index (κ2) is 7.99. The summed E-state index contributed by atoms with van der Waals surface area (Å²) in [5.41, 5.74) is 2.33. The van der Waals surface area contributed by atoms with Gasteiger partial charge in [-0.3, -0.25) is 5.10 Å². The summed E-state index contributed by atoms with van der Waals surface area (Å²) in [7, 11) is 0. The van der Waals surface area contributed by atoms with Crippen molar-refractivity contribution in [1.29, 1.82) is 0 Å². The third-order valence-corrected chi connectivity index (χ3v) is 2.86. The Bertz CT molecular complexity index is 504. The van der Waals surface area contributed by atoms with E-state index < -0.39 is 0 Å². The molecule has 0 atom stereocenters. The van der Waals surface area contributed by atoms with Crippen molar-refractivity contribution in [3.8, 4) is 0 Å². The maximum absolute atomic E-state index is 4.51. The van der Waals surface area contributed by atoms with Crippen molar-refractivity contribution >= 4 is 5.96 Å². The van der Waals surface area contributed by atoms with Crippen LogP contribution in [0.5, 0.6) is 0 Å². The van der Waals surface area contributed by atoms with Crippen molar-refractivity contribution in [3.05, 3.63) is 53.9 Å². The van der Waals surface area contributed by atoms with Crippen molar-refractivity contribution in [2.45, 2.75) is 19.9 Å². The number of aliphatic imine (C=N–C) groups is 1. The van der Waals surface area contributed by atoms with Gasteiger partial charge in [0.25, 0.3) is 0 Å². The first kappa shape index (κ1) is 14.1. The monoisotopic (exact) mass is 271 g/mol. The molecule has 5 nitrogen and oxygen atoms in total. The normalized spacial score (nSPS) is 11.3. The molecule has 1 heterocycles. The zero-order valence-electron chi connectivity index (χ0n) is 11.8. The first-order valence-corrected chi connectivity index (χ1v) is 6.93. The van der Waals surface area contributed by atoms with E-state index in [1.54, 1.807) is 6.20 Å². The highest BCUT2D eigenvalue weighted by Gasteiger charge is 1.98. The van der Waals surface area contributed by atoms with E-state index in [4.69, 9.17) is 0 Å². The Hall–Kier alpha value is -2.30. The van der Waals surface area contributed by atoms with E-state index in [-0.39, 0.29) is 0 Å². The molecule has 0 bridgehead atoms. The molecule has 0 saturated carbocycles. The Morgan fingerprint density at radius 3 is 2.75 bits per heavy atom. The summed E-state index contributed by atoms with van der Waals surface area (Å²) in [4.78, 5) is 4.51. The Balaban J connectivity index is 1.81. The molecule has 0 aliphatic rings. The van der Waals surface area contributed by atoms with Crippen molar-refractivity contribution in [2.75, 3.05) is 13.1 Å². The molecule has 2 aromatic rings. The smallest absolute Gasteiger partial charge is 0.191 e. The van der Waals surface area contributed by atoms with E-state index in [0.717, 1.165) is 31.2 Å². The van der Waals surface area contributed by atoms with Crippen LogP contribution in [0.4, 0.5) is 0 Å². The van der Waals surface area contributed by atoms with Crippen LogP contribution in [0.25, 0.3) is 0 Å². The van der Waals surface area contributed by atoms with Crippen LogP contribution >= 0.6 is 0 Å². The zero-order chi connectivity index (χ0) is 14.0. The molecule has 0 aliphatic carbocycles. The third kappa shape index (κ3) is 4.76. The van der Waals surface area contributed by atoms with Gasteiger partial charge in [0.05, 0.1) is 12.2 Å². The third-order valence-electron chi connectivity index (χ3n) is 2.86. The van der Waals surface area contributed by atoms with Gasteiger partial charge in [-0.25, -0.2) is 4.99 Å². The number of guanidine groups is 1. The van der Waals surface area contributed by atoms with Gasteiger partial charge in [-0.15, -0.1) is 0 Å². The quantitative estimate of drug-likeness (QED) is 0.553. The number of nitrogens with zero attached hydrogens (tertiary/aromatic N) is 2. The number of H-pyrrole nitrogens is 1. The number of aromatic amines is 1. The summed E-state index contributed by atoms with van der Waals surface area (Å²) in [5.74, 6) is 0.832. The highest BCUT2D eigenvalue weighted by atomic mass is 15.2. The number of hydrogen-bond donors (Lipinski definition) is 3. The largest absolute Gasteiger partial charge is 0.357 e. The van der Waals surface area contributed by atoms with E-state index >= 15 is 0 Å². The van der Waals surface area contributed by atoms with Crippen molar-refractivity contribution < 1.29 is 0 Å². The Morgan fingerprint density at radius 1 is 1.20 bits per heavy atom. The fourth-order valence-corrected chi connectivity index (χ4v) is 1.85. The summed E-state index contributed by atoms with van der Waals surface area (Å²) in [6.45, 7) is 4.37. The molecule has 0 fully saturated rings. The summed E-state index contributed by atoms with van der Waals surface area (Å²) in [6.07, 6.45) is 2.72. The molecule has 0 saturated heterocycles. The standard InChI is InChI=1S/C15H21N5/c1-2-16-15(18-12-14-9-11-19-20-14)17-10-8-13-6-4-3-5-7-13/h3-7,9,11H,2,8,10,12H2,1H3,(H,19,20)(H2,16,17,18). The molecule has 0 radical (unpaired) electrons. The van der Waals surface area contributed by atoms with Crippen LogP contribution in [-0.2, 0) is 13.0 Å². The number of benzene rings is 1. The van der Waals surface area contributed by atoms with Gasteiger partial charge in [-0.05, 0) is 25.0 Å². The van der Waals surface area contributed by atoms with E-state index in [1.807, 2.05) is 12.1 Å². The van der Waals surface area contributed by atoms with Gasteiger partial charge in [-0.1, -0.05) is 30.3 Å². The number of nitrogens with one attached hydrogen (secondary N) is 3. The predicted molar refractivity (Wildman–Crippen MR) is 81.6 cm³/mol. The second-order valence-corrected chi connectivity index (χ2v) is 4.44. The van der Waals surface area contributed by atoms with Gasteiger partial charge >= 0.3 is 0 Å². The lowest BCUT2D eigenvalue weighted by Gasteiger charge is -2.11.